The van der Waals surface area contributed by atoms with Crippen LogP contribution in [-0.4, -0.2) is 70.0 Å². The fourth-order valence-electron chi connectivity index (χ4n) is 3.31. The van der Waals surface area contributed by atoms with Crippen molar-refractivity contribution in [2.24, 2.45) is 0 Å². The van der Waals surface area contributed by atoms with E-state index >= 15 is 0 Å². The third-order valence-electron chi connectivity index (χ3n) is 5.01. The van der Waals surface area contributed by atoms with Gasteiger partial charge in [0.25, 0.3) is 0 Å². The maximum Gasteiger partial charge on any atom is 0.162 e. The molecule has 2 unspecified atom stereocenters. The molecule has 0 radical (unpaired) electrons. The number of hydrogen-bond donors (Lipinski definition) is 0. The molecule has 126 valence electrons. The average Bonchev–Trinajstić information content (AvgIpc) is 2.67. The fraction of sp³-hybridized carbons (Fsp3) is 1.00. The molecule has 5 nitrogen and oxygen atoms in total. The van der Waals surface area contributed by atoms with E-state index < -0.39 is 30.8 Å². The molecular formula is C14H28B2O5S. The van der Waals surface area contributed by atoms with Gasteiger partial charge in [0.15, 0.2) is 9.84 Å². The molecule has 0 amide bonds. The largest absolute Gasteiger partial charge is 0.378 e. The number of rotatable bonds is 2. The molecule has 2 heterocycles. The first-order chi connectivity index (χ1) is 9.65. The van der Waals surface area contributed by atoms with Gasteiger partial charge in [-0.05, 0) is 41.5 Å². The first kappa shape index (κ1) is 18.3. The summed E-state index contributed by atoms with van der Waals surface area (Å²) in [4.78, 5) is 0. The van der Waals surface area contributed by atoms with E-state index in [9.17, 15) is 8.42 Å². The van der Waals surface area contributed by atoms with Gasteiger partial charge >= 0.3 is 0 Å². The lowest BCUT2D eigenvalue weighted by Crippen LogP contribution is -2.62. The molecule has 0 aromatic carbocycles. The van der Waals surface area contributed by atoms with Gasteiger partial charge in [0.1, 0.15) is 27.0 Å². The second kappa shape index (κ2) is 4.98. The Morgan fingerprint density at radius 2 is 1.50 bits per heavy atom. The SMILES string of the molecule is B[C@]12OCC(S(=O)(=O)C(C)(C)C)[C@@]1(B)OCC2OC(C)(C)C. The molecule has 2 fully saturated rings. The molecule has 0 aromatic rings. The summed E-state index contributed by atoms with van der Waals surface area (Å²) in [5, 5.41) is -0.682. The minimum atomic E-state index is -3.40. The second-order valence-electron chi connectivity index (χ2n) is 8.70. The minimum absolute atomic E-state index is 0.149. The molecule has 0 N–H and O–H groups in total. The summed E-state index contributed by atoms with van der Waals surface area (Å²) < 4.78 is 43.1. The summed E-state index contributed by atoms with van der Waals surface area (Å²) in [6.45, 7) is 11.6. The molecule has 0 saturated carbocycles. The predicted octanol–water partition coefficient (Wildman–Crippen LogP) is -0.529. The minimum Gasteiger partial charge on any atom is -0.378 e. The van der Waals surface area contributed by atoms with E-state index in [2.05, 4.69) is 0 Å². The normalized spacial score (nSPS) is 39.9. The van der Waals surface area contributed by atoms with Gasteiger partial charge in [0.2, 0.25) is 0 Å². The van der Waals surface area contributed by atoms with E-state index in [1.54, 1.807) is 20.8 Å². The van der Waals surface area contributed by atoms with Crippen molar-refractivity contribution in [1.29, 1.82) is 0 Å². The number of hydrogen-bond acceptors (Lipinski definition) is 5. The lowest BCUT2D eigenvalue weighted by atomic mass is 9.58. The maximum absolute atomic E-state index is 12.9. The maximum atomic E-state index is 12.9. The van der Waals surface area contributed by atoms with Crippen LogP contribution < -0.4 is 0 Å². The molecule has 8 heteroatoms. The number of sulfone groups is 1. The lowest BCUT2D eigenvalue weighted by molar-refractivity contribution is -0.118. The number of ether oxygens (including phenoxy) is 3. The molecule has 2 aliphatic rings. The zero-order valence-electron chi connectivity index (χ0n) is 15.0. The highest BCUT2D eigenvalue weighted by molar-refractivity contribution is 7.93. The topological polar surface area (TPSA) is 61.8 Å². The van der Waals surface area contributed by atoms with Gasteiger partial charge in [-0.1, -0.05) is 0 Å². The van der Waals surface area contributed by atoms with Crippen molar-refractivity contribution in [2.45, 2.75) is 74.2 Å². The molecular weight excluding hydrogens is 302 g/mol. The van der Waals surface area contributed by atoms with Crippen LogP contribution in [0.15, 0.2) is 0 Å². The summed E-state index contributed by atoms with van der Waals surface area (Å²) in [7, 11) is 0.359. The predicted molar refractivity (Wildman–Crippen MR) is 91.5 cm³/mol. The monoisotopic (exact) mass is 330 g/mol. The van der Waals surface area contributed by atoms with Crippen LogP contribution >= 0.6 is 0 Å². The molecule has 0 bridgehead atoms. The van der Waals surface area contributed by atoms with Crippen LogP contribution in [0.5, 0.6) is 0 Å². The first-order valence-electron chi connectivity index (χ1n) is 7.84. The van der Waals surface area contributed by atoms with Gasteiger partial charge in [-0.15, -0.1) is 0 Å². The van der Waals surface area contributed by atoms with E-state index in [-0.39, 0.29) is 18.3 Å². The third-order valence-corrected chi connectivity index (χ3v) is 8.05. The molecule has 0 aliphatic carbocycles. The number of fused-ring (bicyclic) bond motifs is 1. The highest BCUT2D eigenvalue weighted by Gasteiger charge is 2.69. The van der Waals surface area contributed by atoms with Gasteiger partial charge in [-0.25, -0.2) is 8.42 Å². The Labute approximate surface area is 136 Å². The summed E-state index contributed by atoms with van der Waals surface area (Å²) in [6, 6.07) is 0. The summed E-state index contributed by atoms with van der Waals surface area (Å²) >= 11 is 0. The second-order valence-corrected chi connectivity index (χ2v) is 11.6. The van der Waals surface area contributed by atoms with Gasteiger partial charge in [0, 0.05) is 0 Å². The summed E-state index contributed by atoms with van der Waals surface area (Å²) in [5.74, 6) is 0. The Kier molecular flexibility index (Phi) is 4.14. The highest BCUT2D eigenvalue weighted by atomic mass is 32.2. The van der Waals surface area contributed by atoms with Crippen LogP contribution in [0, 0.1) is 0 Å². The van der Waals surface area contributed by atoms with Crippen molar-refractivity contribution < 1.29 is 22.6 Å². The average molecular weight is 330 g/mol. The Bertz CT molecular complexity index is 551. The molecule has 22 heavy (non-hydrogen) atoms. The zero-order chi connectivity index (χ0) is 17.2. The van der Waals surface area contributed by atoms with Crippen LogP contribution in [0.3, 0.4) is 0 Å². The molecule has 0 spiro atoms. The Morgan fingerprint density at radius 1 is 1.00 bits per heavy atom. The van der Waals surface area contributed by atoms with E-state index in [4.69, 9.17) is 14.2 Å². The van der Waals surface area contributed by atoms with Crippen molar-refractivity contribution in [3.8, 4) is 0 Å². The van der Waals surface area contributed by atoms with Crippen LogP contribution in [0.2, 0.25) is 0 Å². The third kappa shape index (κ3) is 2.56. The van der Waals surface area contributed by atoms with Crippen molar-refractivity contribution in [1.82, 2.24) is 0 Å². The first-order valence-corrected chi connectivity index (χ1v) is 9.39. The Morgan fingerprint density at radius 3 is 1.95 bits per heavy atom. The van der Waals surface area contributed by atoms with Crippen LogP contribution in [-0.2, 0) is 24.0 Å². The van der Waals surface area contributed by atoms with Crippen LogP contribution in [0.25, 0.3) is 0 Å². The van der Waals surface area contributed by atoms with Gasteiger partial charge < -0.3 is 14.2 Å². The van der Waals surface area contributed by atoms with E-state index in [1.165, 1.54) is 0 Å². The smallest absolute Gasteiger partial charge is 0.162 e. The van der Waals surface area contributed by atoms with Crippen LogP contribution in [0.1, 0.15) is 41.5 Å². The van der Waals surface area contributed by atoms with Gasteiger partial charge in [-0.3, -0.25) is 0 Å². The summed E-state index contributed by atoms with van der Waals surface area (Å²) in [6.07, 6.45) is -0.280. The highest BCUT2D eigenvalue weighted by Crippen LogP contribution is 2.48. The van der Waals surface area contributed by atoms with Gasteiger partial charge in [0.05, 0.1) is 34.6 Å². The summed E-state index contributed by atoms with van der Waals surface area (Å²) in [5.41, 5.74) is -2.00. The Hall–Kier alpha value is -0.0401. The standard InChI is InChI=1S/C14H28B2O5S/c1-11(2,3)21-9-7-19-14(16)10(8-20-13(9,14)15)22(17,18)12(4,5)6/h9-10H,7-8,15-16H2,1-6H3/t9?,10?,13-,14-/m1/s1. The lowest BCUT2D eigenvalue weighted by Gasteiger charge is -2.40. The molecule has 2 aliphatic heterocycles. The Balaban J connectivity index is 2.38. The molecule has 4 atom stereocenters. The molecule has 0 aromatic heterocycles. The van der Waals surface area contributed by atoms with Crippen molar-refractivity contribution in [3.05, 3.63) is 0 Å². The zero-order valence-corrected chi connectivity index (χ0v) is 15.8. The van der Waals surface area contributed by atoms with Gasteiger partial charge in [-0.2, -0.15) is 0 Å². The molecule has 2 rings (SSSR count). The van der Waals surface area contributed by atoms with E-state index in [1.807, 2.05) is 36.5 Å². The quantitative estimate of drug-likeness (QED) is 0.637. The fourth-order valence-corrected chi connectivity index (χ4v) is 5.31. The van der Waals surface area contributed by atoms with Crippen molar-refractivity contribution in [3.63, 3.8) is 0 Å². The van der Waals surface area contributed by atoms with Crippen molar-refractivity contribution in [2.75, 3.05) is 13.2 Å². The molecule has 2 saturated heterocycles. The van der Waals surface area contributed by atoms with E-state index in [0.717, 1.165) is 0 Å². The van der Waals surface area contributed by atoms with Crippen molar-refractivity contribution >= 4 is 25.5 Å². The van der Waals surface area contributed by atoms with E-state index in [0.29, 0.717) is 6.61 Å². The van der Waals surface area contributed by atoms with Crippen LogP contribution in [0.4, 0.5) is 0 Å².